The molecule has 2 aliphatic heterocycles. The molecule has 0 unspecified atom stereocenters. The second-order valence-corrected chi connectivity index (χ2v) is 10.5. The number of hydrogen-bond acceptors (Lipinski definition) is 8. The van der Waals surface area contributed by atoms with E-state index in [4.69, 9.17) is 9.47 Å². The van der Waals surface area contributed by atoms with Gasteiger partial charge in [-0.25, -0.2) is 0 Å². The maximum Gasteiger partial charge on any atom is 0.294 e. The van der Waals surface area contributed by atoms with Gasteiger partial charge in [0.2, 0.25) is 5.91 Å². The van der Waals surface area contributed by atoms with E-state index in [1.807, 2.05) is 6.92 Å². The molecule has 4 rings (SSSR count). The van der Waals surface area contributed by atoms with Crippen molar-refractivity contribution in [1.29, 1.82) is 0 Å². The summed E-state index contributed by atoms with van der Waals surface area (Å²) in [4.78, 5) is 51.5. The van der Waals surface area contributed by atoms with Crippen LogP contribution in [0.3, 0.4) is 0 Å². The monoisotopic (exact) mass is 603 g/mol. The Morgan fingerprint density at radius 3 is 2.45 bits per heavy atom. The molecule has 0 spiro atoms. The summed E-state index contributed by atoms with van der Waals surface area (Å²) in [6, 6.07) is 9.46. The van der Waals surface area contributed by atoms with Crippen molar-refractivity contribution in [3.05, 3.63) is 67.0 Å². The Morgan fingerprint density at radius 2 is 1.79 bits per heavy atom. The number of thioether (sulfide) groups is 1. The first kappa shape index (κ1) is 27.6. The fraction of sp³-hybridized carbons (Fsp3) is 0.346. The van der Waals surface area contributed by atoms with Gasteiger partial charge in [-0.3, -0.25) is 29.4 Å². The van der Waals surface area contributed by atoms with E-state index in [9.17, 15) is 24.5 Å². The number of nitro benzene ring substituents is 1. The highest BCUT2D eigenvalue weighted by molar-refractivity contribution is 9.10. The van der Waals surface area contributed by atoms with Crippen LogP contribution in [0.25, 0.3) is 6.08 Å². The molecule has 2 aromatic rings. The maximum absolute atomic E-state index is 13.0. The van der Waals surface area contributed by atoms with Crippen LogP contribution in [0.2, 0.25) is 0 Å². The second-order valence-electron chi connectivity index (χ2n) is 8.68. The molecular weight excluding hydrogens is 578 g/mol. The van der Waals surface area contributed by atoms with Crippen molar-refractivity contribution in [3.63, 3.8) is 0 Å². The molecule has 0 bridgehead atoms. The lowest BCUT2D eigenvalue weighted by molar-refractivity contribution is -0.384. The predicted molar refractivity (Wildman–Crippen MR) is 146 cm³/mol. The first-order valence-electron chi connectivity index (χ1n) is 12.1. The van der Waals surface area contributed by atoms with Crippen LogP contribution in [-0.2, 0) is 16.2 Å². The van der Waals surface area contributed by atoms with Crippen LogP contribution >= 0.6 is 27.7 Å². The largest absolute Gasteiger partial charge is 0.490 e. The van der Waals surface area contributed by atoms with Crippen LogP contribution in [-0.4, -0.2) is 58.0 Å². The Bertz CT molecular complexity index is 1280. The summed E-state index contributed by atoms with van der Waals surface area (Å²) >= 11 is 4.29. The second kappa shape index (κ2) is 12.4. The number of carbonyl (C=O) groups excluding carboxylic acids is 3. The normalized spacial score (nSPS) is 16.7. The topological polar surface area (TPSA) is 119 Å². The summed E-state index contributed by atoms with van der Waals surface area (Å²) < 4.78 is 12.3. The van der Waals surface area contributed by atoms with Crippen molar-refractivity contribution in [3.8, 4) is 11.5 Å². The van der Waals surface area contributed by atoms with Gasteiger partial charge in [0, 0.05) is 29.7 Å². The maximum atomic E-state index is 13.0. The fourth-order valence-corrected chi connectivity index (χ4v) is 5.34. The molecule has 2 aliphatic rings. The molecule has 0 saturated carbocycles. The van der Waals surface area contributed by atoms with E-state index in [-0.39, 0.29) is 29.7 Å². The van der Waals surface area contributed by atoms with Gasteiger partial charge in [-0.1, -0.05) is 15.9 Å². The molecule has 12 heteroatoms. The molecule has 2 saturated heterocycles. The number of nitrogens with zero attached hydrogens (tertiary/aromatic N) is 3. The number of amides is 3. The van der Waals surface area contributed by atoms with Gasteiger partial charge in [0.05, 0.1) is 16.4 Å². The number of halogens is 1. The number of ether oxygens (including phenoxy) is 2. The van der Waals surface area contributed by atoms with Gasteiger partial charge in [-0.05, 0) is 79.4 Å². The molecule has 0 atom stereocenters. The lowest BCUT2D eigenvalue weighted by Gasteiger charge is -2.27. The summed E-state index contributed by atoms with van der Waals surface area (Å²) in [5.74, 6) is 0.147. The van der Waals surface area contributed by atoms with E-state index >= 15 is 0 Å². The van der Waals surface area contributed by atoms with Gasteiger partial charge in [0.15, 0.2) is 11.5 Å². The van der Waals surface area contributed by atoms with Crippen molar-refractivity contribution in [1.82, 2.24) is 9.80 Å². The molecule has 200 valence electrons. The third-order valence-corrected chi connectivity index (χ3v) is 7.66. The summed E-state index contributed by atoms with van der Waals surface area (Å²) in [7, 11) is 0. The van der Waals surface area contributed by atoms with E-state index < -0.39 is 16.1 Å². The molecule has 38 heavy (non-hydrogen) atoms. The standard InChI is InChI=1S/C26H26BrN3O7S/c1-2-36-21-12-18(20(27)14-22(21)37-16-17-6-8-19(9-7-17)30(34)35)13-23-25(32)29(26(33)38-23)15-24(31)28-10-4-3-5-11-28/h6-9,12-14H,2-5,10-11,15-16H2,1H3/b23-13-. The van der Waals surface area contributed by atoms with Crippen molar-refractivity contribution >= 4 is 56.5 Å². The number of carbonyl (C=O) groups is 3. The van der Waals surface area contributed by atoms with E-state index in [0.29, 0.717) is 41.2 Å². The van der Waals surface area contributed by atoms with Crippen LogP contribution in [0.1, 0.15) is 37.3 Å². The molecule has 0 aliphatic carbocycles. The first-order valence-corrected chi connectivity index (χ1v) is 13.7. The van der Waals surface area contributed by atoms with Crippen LogP contribution in [0.5, 0.6) is 11.5 Å². The van der Waals surface area contributed by atoms with Gasteiger partial charge in [0.1, 0.15) is 13.2 Å². The minimum atomic E-state index is -0.506. The molecule has 2 aromatic carbocycles. The van der Waals surface area contributed by atoms with Gasteiger partial charge in [-0.15, -0.1) is 0 Å². The Kier molecular flexibility index (Phi) is 9.05. The molecule has 0 radical (unpaired) electrons. The number of rotatable bonds is 9. The summed E-state index contributed by atoms with van der Waals surface area (Å²) in [5, 5.41) is 10.4. The first-order chi connectivity index (χ1) is 18.3. The summed E-state index contributed by atoms with van der Waals surface area (Å²) in [6.45, 7) is 3.39. The third kappa shape index (κ3) is 6.54. The van der Waals surface area contributed by atoms with E-state index in [2.05, 4.69) is 15.9 Å². The Morgan fingerprint density at radius 1 is 1.11 bits per heavy atom. The molecule has 2 fully saturated rings. The SMILES string of the molecule is CCOc1cc(/C=C2\SC(=O)N(CC(=O)N3CCCCC3)C2=O)c(Br)cc1OCc1ccc([N+](=O)[O-])cc1. The van der Waals surface area contributed by atoms with Gasteiger partial charge in [0.25, 0.3) is 16.8 Å². The highest BCUT2D eigenvalue weighted by Gasteiger charge is 2.37. The number of imide groups is 1. The number of non-ortho nitro benzene ring substituents is 1. The van der Waals surface area contributed by atoms with E-state index in [0.717, 1.165) is 41.5 Å². The quantitative estimate of drug-likeness (QED) is 0.213. The van der Waals surface area contributed by atoms with E-state index in [1.54, 1.807) is 35.2 Å². The minimum absolute atomic E-state index is 0.00359. The van der Waals surface area contributed by atoms with Crippen LogP contribution in [0, 0.1) is 10.1 Å². The summed E-state index contributed by atoms with van der Waals surface area (Å²) in [6.07, 6.45) is 4.52. The number of likely N-dealkylation sites (tertiary alicyclic amines) is 1. The lowest BCUT2D eigenvalue weighted by Crippen LogP contribution is -2.44. The van der Waals surface area contributed by atoms with Crippen molar-refractivity contribution in [2.24, 2.45) is 0 Å². The average Bonchev–Trinajstić information content (AvgIpc) is 3.17. The highest BCUT2D eigenvalue weighted by Crippen LogP contribution is 2.38. The van der Waals surface area contributed by atoms with Crippen LogP contribution in [0.4, 0.5) is 10.5 Å². The molecule has 0 aromatic heterocycles. The average molecular weight is 604 g/mol. The van der Waals surface area contributed by atoms with Gasteiger partial charge >= 0.3 is 0 Å². The van der Waals surface area contributed by atoms with Gasteiger partial charge in [-0.2, -0.15) is 0 Å². The number of hydrogen-bond donors (Lipinski definition) is 0. The number of piperidine rings is 1. The summed E-state index contributed by atoms with van der Waals surface area (Å²) in [5.41, 5.74) is 1.34. The Hall–Kier alpha value is -3.38. The smallest absolute Gasteiger partial charge is 0.294 e. The zero-order chi connectivity index (χ0) is 27.2. The fourth-order valence-electron chi connectivity index (χ4n) is 4.07. The zero-order valence-corrected chi connectivity index (χ0v) is 23.1. The van der Waals surface area contributed by atoms with E-state index in [1.165, 1.54) is 12.1 Å². The molecular formula is C26H26BrN3O7S. The Labute approximate surface area is 232 Å². The molecule has 2 heterocycles. The van der Waals surface area contributed by atoms with Gasteiger partial charge < -0.3 is 14.4 Å². The predicted octanol–water partition coefficient (Wildman–Crippen LogP) is 5.38. The third-order valence-electron chi connectivity index (χ3n) is 6.07. The van der Waals surface area contributed by atoms with Crippen molar-refractivity contribution in [2.45, 2.75) is 32.8 Å². The molecule has 10 nitrogen and oxygen atoms in total. The van der Waals surface area contributed by atoms with Crippen molar-refractivity contribution < 1.29 is 28.8 Å². The number of nitro groups is 1. The number of benzene rings is 2. The molecule has 3 amide bonds. The highest BCUT2D eigenvalue weighted by atomic mass is 79.9. The zero-order valence-electron chi connectivity index (χ0n) is 20.7. The van der Waals surface area contributed by atoms with Crippen LogP contribution < -0.4 is 9.47 Å². The Balaban J connectivity index is 1.49. The molecule has 0 N–H and O–H groups in total. The van der Waals surface area contributed by atoms with Crippen molar-refractivity contribution in [2.75, 3.05) is 26.2 Å². The van der Waals surface area contributed by atoms with Crippen LogP contribution in [0.15, 0.2) is 45.8 Å². The minimum Gasteiger partial charge on any atom is -0.490 e. The lowest BCUT2D eigenvalue weighted by atomic mass is 10.1.